The quantitative estimate of drug-likeness (QED) is 0.153. The lowest BCUT2D eigenvalue weighted by Gasteiger charge is -2.26. The molecule has 0 aliphatic carbocycles. The van der Waals surface area contributed by atoms with E-state index in [9.17, 15) is 14.7 Å². The summed E-state index contributed by atoms with van der Waals surface area (Å²) in [5, 5.41) is 11.3. The zero-order valence-corrected chi connectivity index (χ0v) is 23.0. The molecule has 38 heavy (non-hydrogen) atoms. The number of unbranched alkanes of at least 4 members (excludes halogenated alkanes) is 2. The number of amides is 1. The van der Waals surface area contributed by atoms with Crippen molar-refractivity contribution in [1.29, 1.82) is 0 Å². The molecule has 8 nitrogen and oxygen atoms in total. The molecule has 1 unspecified atom stereocenters. The number of ether oxygens (including phenoxy) is 4. The van der Waals surface area contributed by atoms with Gasteiger partial charge >= 0.3 is 0 Å². The number of aliphatic hydroxyl groups is 1. The van der Waals surface area contributed by atoms with Crippen LogP contribution in [-0.4, -0.2) is 62.3 Å². The average Bonchev–Trinajstić information content (AvgIpc) is 3.17. The number of hydrogen-bond donors (Lipinski definition) is 1. The molecule has 1 atom stereocenters. The number of rotatable bonds is 14. The molecule has 0 bridgehead atoms. The fourth-order valence-electron chi connectivity index (χ4n) is 4.29. The van der Waals surface area contributed by atoms with E-state index < -0.39 is 17.7 Å². The SMILES string of the molecule is CCCCCOc1ccc(/C(O)=C2/C(=O)C(=O)N(CCOC)C2c2ccc(OC)c(OCC(C)C)c2)cc1. The monoisotopic (exact) mass is 525 g/mol. The number of nitrogens with zero attached hydrogens (tertiary/aromatic N) is 1. The first-order chi connectivity index (χ1) is 18.3. The van der Waals surface area contributed by atoms with Crippen LogP contribution in [0.3, 0.4) is 0 Å². The Bertz CT molecular complexity index is 1120. The van der Waals surface area contributed by atoms with E-state index in [-0.39, 0.29) is 30.4 Å². The van der Waals surface area contributed by atoms with E-state index in [1.54, 1.807) is 49.6 Å². The summed E-state index contributed by atoms with van der Waals surface area (Å²) in [5.74, 6) is 0.324. The first-order valence-corrected chi connectivity index (χ1v) is 13.1. The molecule has 0 radical (unpaired) electrons. The van der Waals surface area contributed by atoms with Crippen molar-refractivity contribution in [1.82, 2.24) is 4.90 Å². The molecule has 3 rings (SSSR count). The van der Waals surface area contributed by atoms with Crippen LogP contribution in [0.25, 0.3) is 5.76 Å². The Morgan fingerprint density at radius 2 is 1.71 bits per heavy atom. The number of methoxy groups -OCH3 is 2. The summed E-state index contributed by atoms with van der Waals surface area (Å²) in [4.78, 5) is 27.8. The van der Waals surface area contributed by atoms with Crippen LogP contribution in [0.5, 0.6) is 17.2 Å². The van der Waals surface area contributed by atoms with Crippen molar-refractivity contribution in [3.05, 3.63) is 59.2 Å². The van der Waals surface area contributed by atoms with Gasteiger partial charge in [0.15, 0.2) is 11.5 Å². The number of aliphatic hydroxyl groups excluding tert-OH is 1. The third kappa shape index (κ3) is 6.86. The van der Waals surface area contributed by atoms with E-state index in [0.717, 1.165) is 19.3 Å². The van der Waals surface area contributed by atoms with Gasteiger partial charge in [0.1, 0.15) is 11.5 Å². The summed E-state index contributed by atoms with van der Waals surface area (Å²) >= 11 is 0. The number of benzene rings is 2. The highest BCUT2D eigenvalue weighted by Crippen LogP contribution is 2.42. The van der Waals surface area contributed by atoms with Crippen LogP contribution < -0.4 is 14.2 Å². The summed E-state index contributed by atoms with van der Waals surface area (Å²) in [6, 6.07) is 11.3. The highest BCUT2D eigenvalue weighted by Gasteiger charge is 2.46. The summed E-state index contributed by atoms with van der Waals surface area (Å²) in [7, 11) is 3.09. The Hall–Kier alpha value is -3.52. The minimum absolute atomic E-state index is 0.0164. The van der Waals surface area contributed by atoms with E-state index in [1.165, 1.54) is 12.0 Å². The summed E-state index contributed by atoms with van der Waals surface area (Å²) < 4.78 is 22.4. The number of carbonyl (C=O) groups is 2. The van der Waals surface area contributed by atoms with E-state index in [4.69, 9.17) is 18.9 Å². The van der Waals surface area contributed by atoms with Gasteiger partial charge in [0.2, 0.25) is 0 Å². The van der Waals surface area contributed by atoms with Crippen LogP contribution in [0.2, 0.25) is 0 Å². The van der Waals surface area contributed by atoms with Gasteiger partial charge in [-0.2, -0.15) is 0 Å². The third-order valence-electron chi connectivity index (χ3n) is 6.30. The van der Waals surface area contributed by atoms with Crippen LogP contribution in [0, 0.1) is 5.92 Å². The van der Waals surface area contributed by atoms with Gasteiger partial charge in [-0.25, -0.2) is 0 Å². The van der Waals surface area contributed by atoms with Crippen LogP contribution in [0.4, 0.5) is 0 Å². The van der Waals surface area contributed by atoms with Gasteiger partial charge in [-0.05, 0) is 54.3 Å². The Labute approximate surface area is 225 Å². The number of Topliss-reactive ketones (excluding diaryl/α,β-unsaturated/α-hetero) is 1. The first-order valence-electron chi connectivity index (χ1n) is 13.1. The predicted octanol–water partition coefficient (Wildman–Crippen LogP) is 5.37. The second kappa shape index (κ2) is 13.9. The number of ketones is 1. The normalized spacial score (nSPS) is 16.8. The molecule has 8 heteroatoms. The van der Waals surface area contributed by atoms with E-state index in [1.807, 2.05) is 13.8 Å². The van der Waals surface area contributed by atoms with Crippen molar-refractivity contribution in [3.63, 3.8) is 0 Å². The lowest BCUT2D eigenvalue weighted by molar-refractivity contribution is -0.140. The topological polar surface area (TPSA) is 94.5 Å². The number of carbonyl (C=O) groups excluding carboxylic acids is 2. The van der Waals surface area contributed by atoms with Crippen molar-refractivity contribution in [2.75, 3.05) is 40.6 Å². The minimum atomic E-state index is -0.817. The van der Waals surface area contributed by atoms with Crippen molar-refractivity contribution < 1.29 is 33.6 Å². The molecule has 0 aromatic heterocycles. The summed E-state index contributed by atoms with van der Waals surface area (Å²) in [6.07, 6.45) is 3.17. The molecule has 1 amide bonds. The Morgan fingerprint density at radius 1 is 0.974 bits per heavy atom. The Kier molecular flexibility index (Phi) is 10.6. The standard InChI is InChI=1S/C30H39NO7/c1-6-7-8-16-37-23-12-9-21(10-13-23)28(32)26-27(31(15-17-35-4)30(34)29(26)33)22-11-14-24(36-5)25(18-22)38-19-20(2)3/h9-14,18,20,27,32H,6-8,15-17,19H2,1-5H3/b28-26-. The maximum Gasteiger partial charge on any atom is 0.295 e. The summed E-state index contributed by atoms with van der Waals surface area (Å²) in [5.41, 5.74) is 1.06. The molecule has 0 spiro atoms. The zero-order chi connectivity index (χ0) is 27.7. The maximum atomic E-state index is 13.2. The van der Waals surface area contributed by atoms with Crippen molar-refractivity contribution in [2.45, 2.75) is 46.1 Å². The largest absolute Gasteiger partial charge is 0.507 e. The molecule has 1 saturated heterocycles. The Balaban J connectivity index is 2.02. The fraction of sp³-hybridized carbons (Fsp3) is 0.467. The molecule has 206 valence electrons. The smallest absolute Gasteiger partial charge is 0.295 e. The molecule has 1 N–H and O–H groups in total. The molecule has 0 saturated carbocycles. The molecule has 1 aliphatic rings. The first kappa shape index (κ1) is 29.0. The van der Waals surface area contributed by atoms with Crippen LogP contribution >= 0.6 is 0 Å². The molecule has 1 heterocycles. The number of hydrogen-bond acceptors (Lipinski definition) is 7. The molecular weight excluding hydrogens is 486 g/mol. The van der Waals surface area contributed by atoms with Crippen LogP contribution in [0.1, 0.15) is 57.2 Å². The van der Waals surface area contributed by atoms with Gasteiger partial charge in [-0.15, -0.1) is 0 Å². The fourth-order valence-corrected chi connectivity index (χ4v) is 4.29. The Morgan fingerprint density at radius 3 is 2.34 bits per heavy atom. The van der Waals surface area contributed by atoms with Gasteiger partial charge in [-0.3, -0.25) is 9.59 Å². The minimum Gasteiger partial charge on any atom is -0.507 e. The lowest BCUT2D eigenvalue weighted by Crippen LogP contribution is -2.32. The zero-order valence-electron chi connectivity index (χ0n) is 23.0. The highest BCUT2D eigenvalue weighted by molar-refractivity contribution is 6.46. The molecule has 1 aliphatic heterocycles. The molecular formula is C30H39NO7. The van der Waals surface area contributed by atoms with Gasteiger partial charge in [0.05, 0.1) is 38.5 Å². The maximum absolute atomic E-state index is 13.2. The van der Waals surface area contributed by atoms with Gasteiger partial charge in [0, 0.05) is 19.2 Å². The highest BCUT2D eigenvalue weighted by atomic mass is 16.5. The van der Waals surface area contributed by atoms with Crippen molar-refractivity contribution in [3.8, 4) is 17.2 Å². The van der Waals surface area contributed by atoms with Crippen molar-refractivity contribution >= 4 is 17.4 Å². The van der Waals surface area contributed by atoms with Gasteiger partial charge in [-0.1, -0.05) is 39.7 Å². The third-order valence-corrected chi connectivity index (χ3v) is 6.30. The van der Waals surface area contributed by atoms with Crippen LogP contribution in [-0.2, 0) is 14.3 Å². The second-order valence-electron chi connectivity index (χ2n) is 9.68. The molecule has 2 aromatic carbocycles. The van der Waals surface area contributed by atoms with E-state index in [2.05, 4.69) is 6.92 Å². The van der Waals surface area contributed by atoms with E-state index in [0.29, 0.717) is 41.6 Å². The van der Waals surface area contributed by atoms with Gasteiger partial charge < -0.3 is 29.0 Å². The van der Waals surface area contributed by atoms with Crippen molar-refractivity contribution in [2.24, 2.45) is 5.92 Å². The predicted molar refractivity (Wildman–Crippen MR) is 146 cm³/mol. The van der Waals surface area contributed by atoms with E-state index >= 15 is 0 Å². The molecule has 2 aromatic rings. The second-order valence-corrected chi connectivity index (χ2v) is 9.68. The van der Waals surface area contributed by atoms with Gasteiger partial charge in [0.25, 0.3) is 11.7 Å². The average molecular weight is 526 g/mol. The lowest BCUT2D eigenvalue weighted by atomic mass is 9.95. The van der Waals surface area contributed by atoms with Crippen LogP contribution in [0.15, 0.2) is 48.0 Å². The molecule has 1 fully saturated rings. The number of likely N-dealkylation sites (tertiary alicyclic amines) is 1. The summed E-state index contributed by atoms with van der Waals surface area (Å²) in [6.45, 7) is 7.71.